The topological polar surface area (TPSA) is 89.7 Å². The van der Waals surface area contributed by atoms with E-state index in [-0.39, 0.29) is 18.9 Å². The molecule has 0 saturated carbocycles. The summed E-state index contributed by atoms with van der Waals surface area (Å²) in [4.78, 5) is 34.9. The number of aromatic nitrogens is 4. The van der Waals surface area contributed by atoms with Crippen LogP contribution >= 0.6 is 0 Å². The molecular weight excluding hydrogens is 394 g/mol. The summed E-state index contributed by atoms with van der Waals surface area (Å²) in [5.74, 6) is -0.0314. The summed E-state index contributed by atoms with van der Waals surface area (Å²) < 4.78 is 6.89. The second-order valence-electron chi connectivity index (χ2n) is 7.58. The summed E-state index contributed by atoms with van der Waals surface area (Å²) in [5, 5.41) is 4.16. The Morgan fingerprint density at radius 1 is 1.16 bits per heavy atom. The Labute approximate surface area is 180 Å². The molecule has 0 fully saturated rings. The van der Waals surface area contributed by atoms with Crippen LogP contribution in [0.15, 0.2) is 42.7 Å². The van der Waals surface area contributed by atoms with Crippen LogP contribution in [-0.4, -0.2) is 56.1 Å². The standard InChI is InChI=1S/C23H25N5O3/c1-16-20(17(2)28-23(26-16)24-15-25-28)8-9-22(30)31-14-21(29)27-12-10-19(11-13-27)18-6-4-3-5-7-18/h3-7,10,15H,8-9,11-14H2,1-2H3. The fourth-order valence-corrected chi connectivity index (χ4v) is 3.86. The first kappa shape index (κ1) is 20.7. The van der Waals surface area contributed by atoms with E-state index in [1.807, 2.05) is 32.0 Å². The van der Waals surface area contributed by atoms with E-state index in [4.69, 9.17) is 4.74 Å². The molecule has 0 saturated heterocycles. The van der Waals surface area contributed by atoms with E-state index in [1.54, 1.807) is 9.42 Å². The van der Waals surface area contributed by atoms with Crippen LogP contribution in [0.2, 0.25) is 0 Å². The lowest BCUT2D eigenvalue weighted by Gasteiger charge is -2.26. The van der Waals surface area contributed by atoms with E-state index in [0.717, 1.165) is 23.4 Å². The number of benzene rings is 1. The van der Waals surface area contributed by atoms with Gasteiger partial charge in [-0.2, -0.15) is 10.1 Å². The molecule has 3 heterocycles. The highest BCUT2D eigenvalue weighted by Crippen LogP contribution is 2.22. The van der Waals surface area contributed by atoms with Gasteiger partial charge in [-0.25, -0.2) is 9.50 Å². The lowest BCUT2D eigenvalue weighted by molar-refractivity contribution is -0.151. The lowest BCUT2D eigenvalue weighted by Crippen LogP contribution is -2.37. The van der Waals surface area contributed by atoms with E-state index in [2.05, 4.69) is 33.3 Å². The van der Waals surface area contributed by atoms with Gasteiger partial charge in [-0.1, -0.05) is 36.4 Å². The number of ether oxygens (including phenoxy) is 1. The zero-order valence-electron chi connectivity index (χ0n) is 17.7. The predicted molar refractivity (Wildman–Crippen MR) is 115 cm³/mol. The van der Waals surface area contributed by atoms with Gasteiger partial charge in [-0.15, -0.1) is 0 Å². The van der Waals surface area contributed by atoms with E-state index in [9.17, 15) is 9.59 Å². The molecule has 3 aromatic rings. The first-order valence-electron chi connectivity index (χ1n) is 10.4. The maximum absolute atomic E-state index is 12.4. The Bertz CT molecular complexity index is 1140. The molecule has 31 heavy (non-hydrogen) atoms. The van der Waals surface area contributed by atoms with Gasteiger partial charge in [0.1, 0.15) is 6.33 Å². The molecule has 0 unspecified atom stereocenters. The van der Waals surface area contributed by atoms with Gasteiger partial charge in [0.05, 0.1) is 0 Å². The van der Waals surface area contributed by atoms with Crippen LogP contribution in [-0.2, 0) is 20.7 Å². The van der Waals surface area contributed by atoms with E-state index >= 15 is 0 Å². The highest BCUT2D eigenvalue weighted by atomic mass is 16.5. The van der Waals surface area contributed by atoms with Crippen molar-refractivity contribution < 1.29 is 14.3 Å². The zero-order chi connectivity index (χ0) is 21.8. The molecule has 4 rings (SSSR count). The van der Waals surface area contributed by atoms with Gasteiger partial charge >= 0.3 is 5.97 Å². The van der Waals surface area contributed by atoms with E-state index < -0.39 is 5.97 Å². The number of rotatable bonds is 6. The fourth-order valence-electron chi connectivity index (χ4n) is 3.86. The van der Waals surface area contributed by atoms with Crippen molar-refractivity contribution >= 4 is 23.2 Å². The van der Waals surface area contributed by atoms with Gasteiger partial charge in [-0.05, 0) is 43.4 Å². The second-order valence-corrected chi connectivity index (χ2v) is 7.58. The van der Waals surface area contributed by atoms with Crippen LogP contribution in [0.1, 0.15) is 35.4 Å². The quantitative estimate of drug-likeness (QED) is 0.571. The molecule has 1 aromatic carbocycles. The summed E-state index contributed by atoms with van der Waals surface area (Å²) in [5.41, 5.74) is 5.08. The zero-order valence-corrected chi connectivity index (χ0v) is 17.7. The van der Waals surface area contributed by atoms with Crippen molar-refractivity contribution in [2.45, 2.75) is 33.1 Å². The fraction of sp³-hybridized carbons (Fsp3) is 0.348. The van der Waals surface area contributed by atoms with Crippen LogP contribution < -0.4 is 0 Å². The molecule has 0 aliphatic carbocycles. The maximum Gasteiger partial charge on any atom is 0.306 e. The molecule has 8 heteroatoms. The summed E-state index contributed by atoms with van der Waals surface area (Å²) in [6, 6.07) is 10.2. The third-order valence-corrected chi connectivity index (χ3v) is 5.63. The van der Waals surface area contributed by atoms with Crippen molar-refractivity contribution in [2.75, 3.05) is 19.7 Å². The van der Waals surface area contributed by atoms with Gasteiger partial charge in [0.25, 0.3) is 11.7 Å². The molecule has 1 aliphatic rings. The summed E-state index contributed by atoms with van der Waals surface area (Å²) in [6.07, 6.45) is 4.96. The minimum atomic E-state index is -0.400. The normalized spacial score (nSPS) is 13.9. The third-order valence-electron chi connectivity index (χ3n) is 5.63. The Morgan fingerprint density at radius 2 is 1.97 bits per heavy atom. The summed E-state index contributed by atoms with van der Waals surface area (Å²) in [7, 11) is 0. The molecule has 8 nitrogen and oxygen atoms in total. The van der Waals surface area contributed by atoms with E-state index in [0.29, 0.717) is 25.3 Å². The molecule has 160 valence electrons. The molecule has 1 aliphatic heterocycles. The first-order valence-corrected chi connectivity index (χ1v) is 10.4. The molecule has 0 bridgehead atoms. The number of aryl methyl sites for hydroxylation is 2. The Balaban J connectivity index is 1.27. The van der Waals surface area contributed by atoms with Crippen LogP contribution in [0.3, 0.4) is 0 Å². The van der Waals surface area contributed by atoms with Gasteiger partial charge in [0, 0.05) is 30.9 Å². The Morgan fingerprint density at radius 3 is 2.71 bits per heavy atom. The van der Waals surface area contributed by atoms with Gasteiger partial charge in [-0.3, -0.25) is 9.59 Å². The van der Waals surface area contributed by atoms with Crippen LogP contribution in [0, 0.1) is 13.8 Å². The lowest BCUT2D eigenvalue weighted by atomic mass is 10.00. The highest BCUT2D eigenvalue weighted by molar-refractivity contribution is 5.82. The summed E-state index contributed by atoms with van der Waals surface area (Å²) >= 11 is 0. The van der Waals surface area contributed by atoms with Crippen LogP contribution in [0.25, 0.3) is 11.4 Å². The largest absolute Gasteiger partial charge is 0.456 e. The molecule has 0 atom stereocenters. The van der Waals surface area contributed by atoms with Crippen LogP contribution in [0.4, 0.5) is 0 Å². The number of carbonyl (C=O) groups is 2. The van der Waals surface area contributed by atoms with E-state index in [1.165, 1.54) is 17.5 Å². The number of amides is 1. The second kappa shape index (κ2) is 9.07. The van der Waals surface area contributed by atoms with Crippen molar-refractivity contribution in [3.63, 3.8) is 0 Å². The molecule has 2 aromatic heterocycles. The minimum Gasteiger partial charge on any atom is -0.456 e. The molecule has 0 spiro atoms. The number of nitrogens with zero attached hydrogens (tertiary/aromatic N) is 5. The molecule has 0 N–H and O–H groups in total. The first-order chi connectivity index (χ1) is 15.0. The van der Waals surface area contributed by atoms with Gasteiger partial charge in [0.15, 0.2) is 6.61 Å². The number of carbonyl (C=O) groups excluding carboxylic acids is 2. The third kappa shape index (κ3) is 4.63. The monoisotopic (exact) mass is 419 g/mol. The number of hydrogen-bond acceptors (Lipinski definition) is 6. The van der Waals surface area contributed by atoms with Crippen molar-refractivity contribution in [3.8, 4) is 0 Å². The average Bonchev–Trinajstić information content (AvgIpc) is 3.26. The number of esters is 1. The average molecular weight is 419 g/mol. The van der Waals surface area contributed by atoms with Gasteiger partial charge < -0.3 is 9.64 Å². The van der Waals surface area contributed by atoms with Crippen molar-refractivity contribution in [1.29, 1.82) is 0 Å². The number of fused-ring (bicyclic) bond motifs is 1. The SMILES string of the molecule is Cc1nc2ncnn2c(C)c1CCC(=O)OCC(=O)N1CC=C(c2ccccc2)CC1. The van der Waals surface area contributed by atoms with Gasteiger partial charge in [0.2, 0.25) is 0 Å². The molecular formula is C23H25N5O3. The predicted octanol–water partition coefficient (Wildman–Crippen LogP) is 2.53. The Hall–Kier alpha value is -3.55. The maximum atomic E-state index is 12.4. The highest BCUT2D eigenvalue weighted by Gasteiger charge is 2.20. The summed E-state index contributed by atoms with van der Waals surface area (Å²) in [6.45, 7) is 4.74. The smallest absolute Gasteiger partial charge is 0.306 e. The van der Waals surface area contributed by atoms with Crippen molar-refractivity contribution in [2.24, 2.45) is 0 Å². The van der Waals surface area contributed by atoms with Crippen molar-refractivity contribution in [1.82, 2.24) is 24.5 Å². The number of hydrogen-bond donors (Lipinski definition) is 0. The molecule has 0 radical (unpaired) electrons. The van der Waals surface area contributed by atoms with Crippen LogP contribution in [0.5, 0.6) is 0 Å². The minimum absolute atomic E-state index is 0.172. The van der Waals surface area contributed by atoms with Crippen molar-refractivity contribution in [3.05, 3.63) is 65.2 Å². The molecule has 1 amide bonds. The Kier molecular flexibility index (Phi) is 6.06.